The minimum atomic E-state index is -0.110. The zero-order chi connectivity index (χ0) is 11.3. The van der Waals surface area contributed by atoms with E-state index in [9.17, 15) is 4.79 Å². The lowest BCUT2D eigenvalue weighted by Crippen LogP contribution is -2.46. The molecule has 1 N–H and O–H groups in total. The highest BCUT2D eigenvalue weighted by molar-refractivity contribution is 5.82. The number of hydrogen-bond acceptors (Lipinski definition) is 4. The molecule has 3 fully saturated rings. The molecule has 2 atom stereocenters. The van der Waals surface area contributed by atoms with E-state index in [4.69, 9.17) is 10.0 Å². The van der Waals surface area contributed by atoms with Gasteiger partial charge in [0, 0.05) is 6.54 Å². The average Bonchev–Trinajstić information content (AvgIpc) is 2.96. The van der Waals surface area contributed by atoms with Crippen LogP contribution in [0.2, 0.25) is 0 Å². The third kappa shape index (κ3) is 1.10. The first kappa shape index (κ1) is 9.89. The summed E-state index contributed by atoms with van der Waals surface area (Å²) in [6.07, 6.45) is 4.60. The summed E-state index contributed by atoms with van der Waals surface area (Å²) >= 11 is 0. The van der Waals surface area contributed by atoms with Crippen LogP contribution in [0, 0.1) is 5.41 Å². The summed E-state index contributed by atoms with van der Waals surface area (Å²) in [4.78, 5) is 18.9. The first-order chi connectivity index (χ1) is 7.72. The smallest absolute Gasteiger partial charge is 0.344 e. The minimum absolute atomic E-state index is 0.0867. The third-order valence-corrected chi connectivity index (χ3v) is 4.14. The maximum atomic E-state index is 12.0. The first-order valence-electron chi connectivity index (χ1n) is 5.53. The number of oxime groups is 1. The number of fused-ring (bicyclic) bond motifs is 3. The summed E-state index contributed by atoms with van der Waals surface area (Å²) < 4.78 is 0. The van der Waals surface area contributed by atoms with E-state index in [1.807, 2.05) is 0 Å². The molecule has 2 bridgehead atoms. The number of nitrogens with zero attached hydrogens (tertiary/aromatic N) is 3. The van der Waals surface area contributed by atoms with Gasteiger partial charge in [0.2, 0.25) is 0 Å². The largest absolute Gasteiger partial charge is 0.411 e. The van der Waals surface area contributed by atoms with Crippen LogP contribution in [-0.4, -0.2) is 53.2 Å². The van der Waals surface area contributed by atoms with Gasteiger partial charge >= 0.3 is 6.03 Å². The fourth-order valence-electron chi connectivity index (χ4n) is 3.09. The number of carbonyl (C=O) groups excluding carboxylic acids is 1. The van der Waals surface area contributed by atoms with Crippen LogP contribution in [0.3, 0.4) is 0 Å². The van der Waals surface area contributed by atoms with Gasteiger partial charge in [0.05, 0.1) is 25.4 Å². The fraction of sp³-hybridized carbons (Fsp3) is 0.800. The molecule has 88 valence electrons. The van der Waals surface area contributed by atoms with Crippen LogP contribution in [0.5, 0.6) is 0 Å². The lowest BCUT2D eigenvalue weighted by molar-refractivity contribution is -0.115. The molecule has 1 aliphatic carbocycles. The van der Waals surface area contributed by atoms with Crippen LogP contribution in [-0.2, 0) is 4.84 Å². The molecule has 6 heteroatoms. The molecule has 16 heavy (non-hydrogen) atoms. The van der Waals surface area contributed by atoms with Crippen molar-refractivity contribution in [2.45, 2.75) is 31.3 Å². The van der Waals surface area contributed by atoms with Crippen molar-refractivity contribution >= 4 is 12.2 Å². The molecule has 3 aliphatic rings. The van der Waals surface area contributed by atoms with Crippen LogP contribution >= 0.6 is 0 Å². The van der Waals surface area contributed by atoms with Gasteiger partial charge in [0.15, 0.2) is 0 Å². The van der Waals surface area contributed by atoms with E-state index in [0.717, 1.165) is 19.3 Å². The van der Waals surface area contributed by atoms with Crippen molar-refractivity contribution in [3.05, 3.63) is 0 Å². The maximum Gasteiger partial charge on any atom is 0.344 e. The summed E-state index contributed by atoms with van der Waals surface area (Å²) in [6, 6.07) is -0.0223. The summed E-state index contributed by atoms with van der Waals surface area (Å²) in [5, 5.41) is 13.2. The maximum absolute atomic E-state index is 12.0. The molecule has 0 aromatic carbocycles. The lowest BCUT2D eigenvalue weighted by Gasteiger charge is -2.34. The van der Waals surface area contributed by atoms with Gasteiger partial charge in [-0.25, -0.2) is 4.79 Å². The summed E-state index contributed by atoms with van der Waals surface area (Å²) in [5.74, 6) is 0. The monoisotopic (exact) mass is 225 g/mol. The van der Waals surface area contributed by atoms with Crippen LogP contribution in [0.15, 0.2) is 5.16 Å². The van der Waals surface area contributed by atoms with Crippen LogP contribution < -0.4 is 0 Å². The highest BCUT2D eigenvalue weighted by Crippen LogP contribution is 2.58. The molecule has 6 nitrogen and oxygen atoms in total. The SMILES string of the molecule is CON1C(=O)N2CC1C1(CC1)C[C@H]2/C=N/O. The highest BCUT2D eigenvalue weighted by Gasteiger charge is 2.62. The Morgan fingerprint density at radius 1 is 1.62 bits per heavy atom. The van der Waals surface area contributed by atoms with Crippen molar-refractivity contribution in [1.29, 1.82) is 0 Å². The average molecular weight is 225 g/mol. The number of hydrogen-bond donors (Lipinski definition) is 1. The Bertz CT molecular complexity index is 353. The van der Waals surface area contributed by atoms with Gasteiger partial charge in [-0.1, -0.05) is 5.16 Å². The Morgan fingerprint density at radius 3 is 2.94 bits per heavy atom. The van der Waals surface area contributed by atoms with Crippen molar-refractivity contribution in [3.8, 4) is 0 Å². The van der Waals surface area contributed by atoms with Gasteiger partial charge < -0.3 is 10.1 Å². The molecule has 2 amide bonds. The Balaban J connectivity index is 1.93. The van der Waals surface area contributed by atoms with Gasteiger partial charge in [-0.15, -0.1) is 0 Å². The molecule has 3 rings (SSSR count). The first-order valence-corrected chi connectivity index (χ1v) is 5.53. The van der Waals surface area contributed by atoms with Crippen molar-refractivity contribution < 1.29 is 14.8 Å². The summed E-state index contributed by atoms with van der Waals surface area (Å²) in [7, 11) is 1.53. The van der Waals surface area contributed by atoms with Gasteiger partial charge in [0.25, 0.3) is 0 Å². The third-order valence-electron chi connectivity index (χ3n) is 4.14. The van der Waals surface area contributed by atoms with E-state index in [2.05, 4.69) is 5.16 Å². The number of carbonyl (C=O) groups is 1. The highest BCUT2D eigenvalue weighted by atomic mass is 16.7. The van der Waals surface area contributed by atoms with E-state index in [0.29, 0.717) is 6.54 Å². The van der Waals surface area contributed by atoms with Crippen LogP contribution in [0.25, 0.3) is 0 Å². The normalized spacial score (nSPS) is 35.4. The molecule has 1 spiro atoms. The minimum Gasteiger partial charge on any atom is -0.411 e. The molecular formula is C10H15N3O3. The predicted molar refractivity (Wildman–Crippen MR) is 55.1 cm³/mol. The molecule has 2 saturated heterocycles. The summed E-state index contributed by atoms with van der Waals surface area (Å²) in [6.45, 7) is 0.684. The molecule has 1 unspecified atom stereocenters. The topological polar surface area (TPSA) is 65.4 Å². The molecule has 0 aromatic rings. The Kier molecular flexibility index (Phi) is 1.92. The molecule has 0 aromatic heterocycles. The summed E-state index contributed by atoms with van der Waals surface area (Å²) in [5.41, 5.74) is 0.199. The van der Waals surface area contributed by atoms with Gasteiger partial charge in [-0.3, -0.25) is 4.84 Å². The number of hydroxylamine groups is 2. The molecule has 1 saturated carbocycles. The van der Waals surface area contributed by atoms with E-state index in [1.54, 1.807) is 4.90 Å². The van der Waals surface area contributed by atoms with Crippen molar-refractivity contribution in [1.82, 2.24) is 9.96 Å². The molecule has 0 radical (unpaired) electrons. The van der Waals surface area contributed by atoms with Gasteiger partial charge in [-0.2, -0.15) is 5.06 Å². The van der Waals surface area contributed by atoms with E-state index in [-0.39, 0.29) is 23.5 Å². The van der Waals surface area contributed by atoms with E-state index in [1.165, 1.54) is 18.4 Å². The second-order valence-corrected chi connectivity index (χ2v) is 4.86. The molecule has 2 heterocycles. The van der Waals surface area contributed by atoms with E-state index >= 15 is 0 Å². The zero-order valence-electron chi connectivity index (χ0n) is 9.17. The predicted octanol–water partition coefficient (Wildman–Crippen LogP) is 0.667. The van der Waals surface area contributed by atoms with Crippen LogP contribution in [0.4, 0.5) is 4.79 Å². The molecule has 2 aliphatic heterocycles. The Hall–Kier alpha value is -1.30. The van der Waals surface area contributed by atoms with Crippen LogP contribution in [0.1, 0.15) is 19.3 Å². The second kappa shape index (κ2) is 3.10. The second-order valence-electron chi connectivity index (χ2n) is 4.86. The lowest BCUT2D eigenvalue weighted by atomic mass is 9.86. The molecular weight excluding hydrogens is 210 g/mol. The van der Waals surface area contributed by atoms with Crippen molar-refractivity contribution in [3.63, 3.8) is 0 Å². The number of urea groups is 1. The Labute approximate surface area is 93.4 Å². The standard InChI is InChI=1S/C10H15N3O3/c1-16-13-8-6-12(9(13)14)7(5-11-15)4-10(8)2-3-10/h5,7-8,15H,2-4,6H2,1H3/b11-5+/t7-,8?/m0/s1. The van der Waals surface area contributed by atoms with Crippen molar-refractivity contribution in [2.75, 3.05) is 13.7 Å². The number of piperidine rings is 1. The number of amides is 2. The quantitative estimate of drug-likeness (QED) is 0.426. The van der Waals surface area contributed by atoms with Gasteiger partial charge in [-0.05, 0) is 24.7 Å². The number of rotatable bonds is 2. The van der Waals surface area contributed by atoms with E-state index < -0.39 is 0 Å². The Morgan fingerprint density at radius 2 is 2.38 bits per heavy atom. The fourth-order valence-corrected chi connectivity index (χ4v) is 3.09. The van der Waals surface area contributed by atoms with Crippen molar-refractivity contribution in [2.24, 2.45) is 10.6 Å². The van der Waals surface area contributed by atoms with Gasteiger partial charge in [0.1, 0.15) is 0 Å². The zero-order valence-corrected chi connectivity index (χ0v) is 9.17.